The van der Waals surface area contributed by atoms with E-state index in [2.05, 4.69) is 15.1 Å². The standard InChI is InChI=1S/C15H17F2N5O/c1-9(12-7-18-5-6-19-12)22(10-3-4-10)15(23)11-8-21(2)20-13(11)14(16)17/h5-10,14H,3-4H2,1-2H3. The lowest BCUT2D eigenvalue weighted by Crippen LogP contribution is -2.36. The Hall–Kier alpha value is -2.38. The molecule has 8 heteroatoms. The van der Waals surface area contributed by atoms with Crippen LogP contribution < -0.4 is 0 Å². The van der Waals surface area contributed by atoms with Crippen LogP contribution in [0.15, 0.2) is 24.8 Å². The Morgan fingerprint density at radius 2 is 2.13 bits per heavy atom. The number of halogens is 2. The van der Waals surface area contributed by atoms with Crippen molar-refractivity contribution in [3.8, 4) is 0 Å². The van der Waals surface area contributed by atoms with Crippen LogP contribution in [0.1, 0.15) is 54.0 Å². The first kappa shape index (κ1) is 15.5. The van der Waals surface area contributed by atoms with Crippen molar-refractivity contribution in [3.05, 3.63) is 41.7 Å². The number of hydrogen-bond donors (Lipinski definition) is 0. The average Bonchev–Trinajstić information content (AvgIpc) is 3.28. The predicted molar refractivity (Wildman–Crippen MR) is 77.8 cm³/mol. The molecule has 23 heavy (non-hydrogen) atoms. The molecule has 0 aromatic carbocycles. The maximum Gasteiger partial charge on any atom is 0.282 e. The number of hydrogen-bond acceptors (Lipinski definition) is 4. The van der Waals surface area contributed by atoms with Gasteiger partial charge < -0.3 is 4.90 Å². The van der Waals surface area contributed by atoms with E-state index in [1.807, 2.05) is 6.92 Å². The van der Waals surface area contributed by atoms with Crippen LogP contribution in [0.4, 0.5) is 8.78 Å². The topological polar surface area (TPSA) is 63.9 Å². The lowest BCUT2D eigenvalue weighted by atomic mass is 10.1. The van der Waals surface area contributed by atoms with Crippen molar-refractivity contribution >= 4 is 5.91 Å². The second-order valence-electron chi connectivity index (χ2n) is 5.65. The van der Waals surface area contributed by atoms with E-state index in [0.29, 0.717) is 5.69 Å². The third-order valence-electron chi connectivity index (χ3n) is 3.90. The average molecular weight is 321 g/mol. The number of aryl methyl sites for hydroxylation is 1. The smallest absolute Gasteiger partial charge is 0.282 e. The van der Waals surface area contributed by atoms with Gasteiger partial charge in [0.1, 0.15) is 5.69 Å². The summed E-state index contributed by atoms with van der Waals surface area (Å²) in [5, 5.41) is 3.72. The van der Waals surface area contributed by atoms with Crippen LogP contribution in [0, 0.1) is 0 Å². The van der Waals surface area contributed by atoms with Crippen molar-refractivity contribution in [2.75, 3.05) is 0 Å². The van der Waals surface area contributed by atoms with E-state index in [9.17, 15) is 13.6 Å². The molecule has 1 atom stereocenters. The SMILES string of the molecule is CC(c1cnccn1)N(C(=O)c1cn(C)nc1C(F)F)C1CC1. The Kier molecular flexibility index (Phi) is 4.06. The van der Waals surface area contributed by atoms with E-state index in [1.54, 1.807) is 23.5 Å². The van der Waals surface area contributed by atoms with Gasteiger partial charge in [0.25, 0.3) is 12.3 Å². The van der Waals surface area contributed by atoms with Crippen LogP contribution in [0.25, 0.3) is 0 Å². The zero-order valence-electron chi connectivity index (χ0n) is 12.9. The van der Waals surface area contributed by atoms with Gasteiger partial charge in [-0.2, -0.15) is 5.10 Å². The van der Waals surface area contributed by atoms with E-state index < -0.39 is 18.0 Å². The van der Waals surface area contributed by atoms with Gasteiger partial charge >= 0.3 is 0 Å². The molecule has 1 aliphatic carbocycles. The lowest BCUT2D eigenvalue weighted by molar-refractivity contribution is 0.0658. The van der Waals surface area contributed by atoms with E-state index in [1.165, 1.54) is 17.9 Å². The van der Waals surface area contributed by atoms with Crippen LogP contribution >= 0.6 is 0 Å². The number of amides is 1. The monoisotopic (exact) mass is 321 g/mol. The molecule has 1 fully saturated rings. The molecule has 0 N–H and O–H groups in total. The van der Waals surface area contributed by atoms with Crippen LogP contribution in [0.2, 0.25) is 0 Å². The Morgan fingerprint density at radius 1 is 1.39 bits per heavy atom. The fourth-order valence-electron chi connectivity index (χ4n) is 2.65. The summed E-state index contributed by atoms with van der Waals surface area (Å²) in [5.41, 5.74) is 0.106. The van der Waals surface area contributed by atoms with Gasteiger partial charge in [-0.3, -0.25) is 19.4 Å². The molecule has 1 aliphatic rings. The fourth-order valence-corrected chi connectivity index (χ4v) is 2.65. The van der Waals surface area contributed by atoms with Crippen molar-refractivity contribution in [3.63, 3.8) is 0 Å². The summed E-state index contributed by atoms with van der Waals surface area (Å²) in [7, 11) is 1.52. The predicted octanol–water partition coefficient (Wildman–Crippen LogP) is 2.51. The summed E-state index contributed by atoms with van der Waals surface area (Å²) in [5.74, 6) is -0.436. The molecule has 3 rings (SSSR count). The van der Waals surface area contributed by atoms with Gasteiger partial charge in [-0.1, -0.05) is 0 Å². The van der Waals surface area contributed by atoms with Gasteiger partial charge in [0.2, 0.25) is 0 Å². The molecular weight excluding hydrogens is 304 g/mol. The van der Waals surface area contributed by atoms with E-state index in [-0.39, 0.29) is 17.6 Å². The number of carbonyl (C=O) groups is 1. The number of rotatable bonds is 5. The molecule has 0 radical (unpaired) electrons. The minimum atomic E-state index is -2.79. The minimum Gasteiger partial charge on any atom is -0.327 e. The first-order valence-corrected chi connectivity index (χ1v) is 7.39. The van der Waals surface area contributed by atoms with Crippen molar-refractivity contribution in [1.82, 2.24) is 24.6 Å². The lowest BCUT2D eigenvalue weighted by Gasteiger charge is -2.28. The Morgan fingerprint density at radius 3 is 2.70 bits per heavy atom. The molecule has 0 spiro atoms. The van der Waals surface area contributed by atoms with Gasteiger partial charge in [-0.15, -0.1) is 0 Å². The van der Waals surface area contributed by atoms with Gasteiger partial charge in [-0.25, -0.2) is 8.78 Å². The first-order valence-electron chi connectivity index (χ1n) is 7.39. The highest BCUT2D eigenvalue weighted by Gasteiger charge is 2.39. The molecule has 122 valence electrons. The maximum atomic E-state index is 13.1. The normalized spacial score (nSPS) is 15.7. The number of carbonyl (C=O) groups excluding carboxylic acids is 1. The Labute approximate surface area is 132 Å². The quantitative estimate of drug-likeness (QED) is 0.849. The van der Waals surface area contributed by atoms with Gasteiger partial charge in [0, 0.05) is 31.7 Å². The van der Waals surface area contributed by atoms with E-state index in [4.69, 9.17) is 0 Å². The van der Waals surface area contributed by atoms with Crippen LogP contribution in [-0.2, 0) is 7.05 Å². The molecule has 0 saturated heterocycles. The minimum absolute atomic E-state index is 0.0465. The molecule has 2 aromatic heterocycles. The molecule has 2 heterocycles. The maximum absolute atomic E-state index is 13.1. The number of aromatic nitrogens is 4. The van der Waals surface area contributed by atoms with Crippen LogP contribution in [-0.4, -0.2) is 36.6 Å². The zero-order chi connectivity index (χ0) is 16.6. The molecule has 6 nitrogen and oxygen atoms in total. The fraction of sp³-hybridized carbons (Fsp3) is 0.467. The van der Waals surface area contributed by atoms with Crippen molar-refractivity contribution in [2.45, 2.75) is 38.3 Å². The van der Waals surface area contributed by atoms with Crippen LogP contribution in [0.5, 0.6) is 0 Å². The number of nitrogens with zero attached hydrogens (tertiary/aromatic N) is 5. The summed E-state index contributed by atoms with van der Waals surface area (Å²) in [6, 6.07) is -0.292. The van der Waals surface area contributed by atoms with E-state index in [0.717, 1.165) is 12.8 Å². The summed E-state index contributed by atoms with van der Waals surface area (Å²) in [6.07, 6.45) is 4.98. The van der Waals surface area contributed by atoms with Crippen LogP contribution in [0.3, 0.4) is 0 Å². The third-order valence-corrected chi connectivity index (χ3v) is 3.90. The van der Waals surface area contributed by atoms with Gasteiger partial charge in [0.15, 0.2) is 0 Å². The largest absolute Gasteiger partial charge is 0.327 e. The Balaban J connectivity index is 1.94. The molecule has 1 unspecified atom stereocenters. The highest BCUT2D eigenvalue weighted by molar-refractivity contribution is 5.95. The molecule has 2 aromatic rings. The Bertz CT molecular complexity index is 699. The second kappa shape index (κ2) is 6.02. The number of alkyl halides is 2. The molecule has 1 saturated carbocycles. The summed E-state index contributed by atoms with van der Waals surface area (Å²) in [6.45, 7) is 1.83. The van der Waals surface area contributed by atoms with Gasteiger partial charge in [-0.05, 0) is 19.8 Å². The second-order valence-corrected chi connectivity index (χ2v) is 5.65. The van der Waals surface area contributed by atoms with Crippen molar-refractivity contribution in [1.29, 1.82) is 0 Å². The third kappa shape index (κ3) is 3.06. The van der Waals surface area contributed by atoms with Crippen molar-refractivity contribution < 1.29 is 13.6 Å². The highest BCUT2D eigenvalue weighted by Crippen LogP contribution is 2.36. The summed E-state index contributed by atoms with van der Waals surface area (Å²) >= 11 is 0. The summed E-state index contributed by atoms with van der Waals surface area (Å²) in [4.78, 5) is 22.7. The van der Waals surface area contributed by atoms with Gasteiger partial charge in [0.05, 0.1) is 23.5 Å². The molecule has 1 amide bonds. The zero-order valence-corrected chi connectivity index (χ0v) is 12.9. The van der Waals surface area contributed by atoms with Crippen molar-refractivity contribution in [2.24, 2.45) is 7.05 Å². The van der Waals surface area contributed by atoms with E-state index >= 15 is 0 Å². The highest BCUT2D eigenvalue weighted by atomic mass is 19.3. The first-order chi connectivity index (χ1) is 11.0. The molecule has 0 bridgehead atoms. The molecular formula is C15H17F2N5O. The summed E-state index contributed by atoms with van der Waals surface area (Å²) < 4.78 is 27.5. The molecule has 0 aliphatic heterocycles.